The Morgan fingerprint density at radius 2 is 1.83 bits per heavy atom. The van der Waals surface area contributed by atoms with Crippen LogP contribution in [0, 0.1) is 5.82 Å². The largest absolute Gasteiger partial charge is 0.488 e. The molecule has 2 aromatic rings. The third kappa shape index (κ3) is 4.48. The van der Waals surface area contributed by atoms with Crippen LogP contribution in [0.1, 0.15) is 43.2 Å². The summed E-state index contributed by atoms with van der Waals surface area (Å²) in [4.78, 5) is 14.7. The van der Waals surface area contributed by atoms with Crippen molar-refractivity contribution in [2.24, 2.45) is 0 Å². The highest BCUT2D eigenvalue weighted by atomic mass is 32.1. The molecule has 150 valence electrons. The van der Waals surface area contributed by atoms with E-state index in [1.165, 1.54) is 18.6 Å². The molecule has 0 radical (unpaired) electrons. The molecule has 0 atom stereocenters. The van der Waals surface area contributed by atoms with Gasteiger partial charge in [0.15, 0.2) is 5.11 Å². The highest BCUT2D eigenvalue weighted by Gasteiger charge is 2.36. The first kappa shape index (κ1) is 19.6. The predicted molar refractivity (Wildman–Crippen MR) is 115 cm³/mol. The van der Waals surface area contributed by atoms with Crippen molar-refractivity contribution in [3.63, 3.8) is 0 Å². The van der Waals surface area contributed by atoms with Crippen LogP contribution in [-0.4, -0.2) is 22.0 Å². The Hall–Kier alpha value is -2.73. The number of para-hydroxylation sites is 1. The summed E-state index contributed by atoms with van der Waals surface area (Å²) < 4.78 is 19.0. The van der Waals surface area contributed by atoms with E-state index in [2.05, 4.69) is 5.32 Å². The first-order valence-electron chi connectivity index (χ1n) is 9.94. The zero-order chi connectivity index (χ0) is 20.2. The Labute approximate surface area is 175 Å². The topological polar surface area (TPSA) is 41.6 Å². The summed E-state index contributed by atoms with van der Waals surface area (Å²) in [5.74, 6) is 0.305. The number of ether oxygens (including phenoxy) is 1. The van der Waals surface area contributed by atoms with E-state index in [0.29, 0.717) is 23.2 Å². The Kier molecular flexibility index (Phi) is 5.90. The molecule has 2 aliphatic rings. The maximum absolute atomic E-state index is 13.1. The number of halogens is 1. The van der Waals surface area contributed by atoms with Crippen molar-refractivity contribution in [2.45, 2.75) is 44.8 Å². The van der Waals surface area contributed by atoms with E-state index in [4.69, 9.17) is 17.0 Å². The molecule has 1 heterocycles. The lowest BCUT2D eigenvalue weighted by molar-refractivity contribution is -0.124. The fourth-order valence-electron chi connectivity index (χ4n) is 3.85. The molecule has 1 saturated carbocycles. The average Bonchev–Trinajstić information content (AvgIpc) is 3.02. The van der Waals surface area contributed by atoms with Crippen LogP contribution in [0.3, 0.4) is 0 Å². The maximum atomic E-state index is 13.1. The van der Waals surface area contributed by atoms with Crippen LogP contribution in [-0.2, 0) is 11.4 Å². The van der Waals surface area contributed by atoms with Gasteiger partial charge >= 0.3 is 0 Å². The minimum atomic E-state index is -0.275. The minimum Gasteiger partial charge on any atom is -0.488 e. The number of thiocarbonyl (C=S) groups is 1. The number of hydrogen-bond acceptors (Lipinski definition) is 3. The van der Waals surface area contributed by atoms with E-state index in [1.807, 2.05) is 24.3 Å². The first-order chi connectivity index (χ1) is 14.1. The Morgan fingerprint density at radius 1 is 1.10 bits per heavy atom. The fraction of sp³-hybridized carbons (Fsp3) is 0.304. The van der Waals surface area contributed by atoms with Gasteiger partial charge in [-0.15, -0.1) is 0 Å². The van der Waals surface area contributed by atoms with Crippen LogP contribution >= 0.6 is 12.2 Å². The number of carbonyl (C=O) groups is 1. The van der Waals surface area contributed by atoms with E-state index >= 15 is 0 Å². The molecule has 0 unspecified atom stereocenters. The van der Waals surface area contributed by atoms with Gasteiger partial charge in [-0.2, -0.15) is 0 Å². The fourth-order valence-corrected chi connectivity index (χ4v) is 4.19. The van der Waals surface area contributed by atoms with Gasteiger partial charge in [-0.25, -0.2) is 4.39 Å². The summed E-state index contributed by atoms with van der Waals surface area (Å²) in [6.45, 7) is 0.314. The third-order valence-electron chi connectivity index (χ3n) is 5.38. The van der Waals surface area contributed by atoms with Crippen molar-refractivity contribution in [3.05, 3.63) is 71.2 Å². The molecule has 4 rings (SSSR count). The van der Waals surface area contributed by atoms with Crippen molar-refractivity contribution < 1.29 is 13.9 Å². The van der Waals surface area contributed by atoms with Crippen LogP contribution < -0.4 is 10.1 Å². The van der Waals surface area contributed by atoms with Gasteiger partial charge in [0.05, 0.1) is 0 Å². The Bertz CT molecular complexity index is 936. The lowest BCUT2D eigenvalue weighted by atomic mass is 9.94. The second kappa shape index (κ2) is 8.74. The lowest BCUT2D eigenvalue weighted by Gasteiger charge is -2.29. The molecule has 0 bridgehead atoms. The molecule has 2 fully saturated rings. The molecule has 6 heteroatoms. The van der Waals surface area contributed by atoms with Crippen molar-refractivity contribution in [3.8, 4) is 5.75 Å². The quantitative estimate of drug-likeness (QED) is 0.568. The molecular formula is C23H23FN2O2S. The van der Waals surface area contributed by atoms with Crippen LogP contribution in [0.5, 0.6) is 5.75 Å². The summed E-state index contributed by atoms with van der Waals surface area (Å²) >= 11 is 5.44. The summed E-state index contributed by atoms with van der Waals surface area (Å²) in [6, 6.07) is 13.9. The van der Waals surface area contributed by atoms with Gasteiger partial charge in [-0.1, -0.05) is 49.6 Å². The molecule has 4 nitrogen and oxygen atoms in total. The van der Waals surface area contributed by atoms with Crippen molar-refractivity contribution in [1.29, 1.82) is 0 Å². The standard InChI is InChI=1S/C23H23FN2O2S/c24-18-12-10-16(11-13-18)15-28-21-9-5-4-6-17(21)14-20-22(27)26(23(29)25-20)19-7-2-1-3-8-19/h4-6,9-14,19H,1-3,7-8,15H2,(H,25,29)/b20-14+. The smallest absolute Gasteiger partial charge is 0.276 e. The molecule has 1 aliphatic heterocycles. The van der Waals surface area contributed by atoms with Crippen molar-refractivity contribution >= 4 is 29.3 Å². The van der Waals surface area contributed by atoms with Gasteiger partial charge in [0.1, 0.15) is 23.9 Å². The van der Waals surface area contributed by atoms with Gasteiger partial charge in [0.25, 0.3) is 5.91 Å². The van der Waals surface area contributed by atoms with Crippen LogP contribution in [0.25, 0.3) is 6.08 Å². The highest BCUT2D eigenvalue weighted by molar-refractivity contribution is 7.80. The first-order valence-corrected chi connectivity index (χ1v) is 10.3. The normalized spacial score (nSPS) is 18.9. The molecule has 1 amide bonds. The number of nitrogens with one attached hydrogen (secondary N) is 1. The summed E-state index contributed by atoms with van der Waals surface area (Å²) in [7, 11) is 0. The monoisotopic (exact) mass is 410 g/mol. The predicted octanol–water partition coefficient (Wildman–Crippen LogP) is 4.80. The number of amides is 1. The molecule has 1 N–H and O–H groups in total. The molecule has 0 spiro atoms. The molecular weight excluding hydrogens is 387 g/mol. The summed E-state index contributed by atoms with van der Waals surface area (Å²) in [5, 5.41) is 3.56. The van der Waals surface area contributed by atoms with E-state index in [9.17, 15) is 9.18 Å². The van der Waals surface area contributed by atoms with Gasteiger partial charge in [-0.3, -0.25) is 9.69 Å². The minimum absolute atomic E-state index is 0.0739. The van der Waals surface area contributed by atoms with Crippen molar-refractivity contribution in [2.75, 3.05) is 0 Å². The van der Waals surface area contributed by atoms with Crippen LogP contribution in [0.2, 0.25) is 0 Å². The van der Waals surface area contributed by atoms with Crippen LogP contribution in [0.15, 0.2) is 54.2 Å². The van der Waals surface area contributed by atoms with Gasteiger partial charge < -0.3 is 10.1 Å². The van der Waals surface area contributed by atoms with Gasteiger partial charge in [0.2, 0.25) is 0 Å². The van der Waals surface area contributed by atoms with Gasteiger partial charge in [-0.05, 0) is 54.9 Å². The average molecular weight is 411 g/mol. The third-order valence-corrected chi connectivity index (χ3v) is 5.67. The van der Waals surface area contributed by atoms with Crippen LogP contribution in [0.4, 0.5) is 4.39 Å². The number of rotatable bonds is 5. The van der Waals surface area contributed by atoms with E-state index < -0.39 is 0 Å². The summed E-state index contributed by atoms with van der Waals surface area (Å²) in [5.41, 5.74) is 2.13. The highest BCUT2D eigenvalue weighted by Crippen LogP contribution is 2.28. The number of carbonyl (C=O) groups excluding carboxylic acids is 1. The molecule has 1 saturated heterocycles. The SMILES string of the molecule is O=C1/C(=C\c2ccccc2OCc2ccc(F)cc2)NC(=S)N1C1CCCCC1. The van der Waals surface area contributed by atoms with Gasteiger partial charge in [0, 0.05) is 11.6 Å². The maximum Gasteiger partial charge on any atom is 0.276 e. The molecule has 1 aliphatic carbocycles. The zero-order valence-electron chi connectivity index (χ0n) is 16.1. The number of hydrogen-bond donors (Lipinski definition) is 1. The second-order valence-corrected chi connectivity index (χ2v) is 7.79. The molecule has 29 heavy (non-hydrogen) atoms. The number of nitrogens with zero attached hydrogens (tertiary/aromatic N) is 1. The van der Waals surface area contributed by atoms with E-state index in [0.717, 1.165) is 36.8 Å². The zero-order valence-corrected chi connectivity index (χ0v) is 16.9. The number of benzene rings is 2. The summed E-state index contributed by atoms with van der Waals surface area (Å²) in [6.07, 6.45) is 7.28. The van der Waals surface area contributed by atoms with Crippen molar-refractivity contribution in [1.82, 2.24) is 10.2 Å². The molecule has 2 aromatic carbocycles. The lowest BCUT2D eigenvalue weighted by Crippen LogP contribution is -2.41. The Morgan fingerprint density at radius 3 is 2.59 bits per heavy atom. The Balaban J connectivity index is 1.51. The van der Waals surface area contributed by atoms with E-state index in [-0.39, 0.29) is 17.8 Å². The second-order valence-electron chi connectivity index (χ2n) is 7.41. The van der Waals surface area contributed by atoms with E-state index in [1.54, 1.807) is 23.1 Å². The molecule has 0 aromatic heterocycles.